The van der Waals surface area contributed by atoms with Crippen LogP contribution in [0.2, 0.25) is 0 Å². The first-order chi connectivity index (χ1) is 22.1. The molecule has 3 rings (SSSR count). The summed E-state index contributed by atoms with van der Waals surface area (Å²) in [4.78, 5) is 47.1. The van der Waals surface area contributed by atoms with E-state index in [4.69, 9.17) is 29.3 Å². The van der Waals surface area contributed by atoms with E-state index in [1.54, 1.807) is 19.5 Å². The zero-order valence-electron chi connectivity index (χ0n) is 26.4. The standard InChI is InChI=1S/C25H33N5O4.2C2HF3O2/c1-6-19-21(23(31)26-12-11-16-13-28-29-14-16)20(30-22(19)24(32)34-25(2,3)4)15-27-17-7-9-18(33-5)10-8-17;2*3-2(4,5)1(6)7/h7-10,13-14,27,30H,6,11-12,15H2,1-5H3,(H,26,31)(H,28,29);2*(H,6,7). The molecule has 0 atom stereocenters. The minimum Gasteiger partial charge on any atom is -0.497 e. The Balaban J connectivity index is 0.000000687. The number of aromatic nitrogens is 3. The monoisotopic (exact) mass is 695 g/mol. The molecule has 0 saturated carbocycles. The number of carboxylic acids is 2. The molecule has 266 valence electrons. The van der Waals surface area contributed by atoms with Gasteiger partial charge in [0.2, 0.25) is 0 Å². The highest BCUT2D eigenvalue weighted by Crippen LogP contribution is 2.25. The number of H-pyrrole nitrogens is 2. The molecular weight excluding hydrogens is 660 g/mol. The second-order valence-electron chi connectivity index (χ2n) is 10.5. The number of carboxylic acid groups (broad SMARTS) is 2. The number of hydrogen-bond donors (Lipinski definition) is 6. The number of amides is 1. The summed E-state index contributed by atoms with van der Waals surface area (Å²) >= 11 is 0. The van der Waals surface area contributed by atoms with Crippen LogP contribution in [0.15, 0.2) is 36.7 Å². The van der Waals surface area contributed by atoms with E-state index in [9.17, 15) is 35.9 Å². The maximum absolute atomic E-state index is 13.2. The molecule has 0 bridgehead atoms. The smallest absolute Gasteiger partial charge is 0.490 e. The first-order valence-electron chi connectivity index (χ1n) is 13.8. The molecule has 0 unspecified atom stereocenters. The third-order valence-electron chi connectivity index (χ3n) is 5.66. The number of methoxy groups -OCH3 is 1. The Morgan fingerprint density at radius 3 is 1.90 bits per heavy atom. The Kier molecular flexibility index (Phi) is 15.0. The molecule has 2 aromatic heterocycles. The third-order valence-corrected chi connectivity index (χ3v) is 5.66. The van der Waals surface area contributed by atoms with Crippen LogP contribution in [0.5, 0.6) is 5.75 Å². The number of hydrogen-bond acceptors (Lipinski definition) is 8. The average Bonchev–Trinajstić information content (AvgIpc) is 3.63. The van der Waals surface area contributed by atoms with Gasteiger partial charge < -0.3 is 35.3 Å². The maximum Gasteiger partial charge on any atom is 0.490 e. The first-order valence-corrected chi connectivity index (χ1v) is 13.8. The number of ether oxygens (including phenoxy) is 2. The van der Waals surface area contributed by atoms with E-state index >= 15 is 0 Å². The molecule has 0 saturated heterocycles. The second kappa shape index (κ2) is 17.6. The van der Waals surface area contributed by atoms with Gasteiger partial charge in [-0.15, -0.1) is 0 Å². The summed E-state index contributed by atoms with van der Waals surface area (Å²) < 4.78 is 74.3. The van der Waals surface area contributed by atoms with E-state index < -0.39 is 35.9 Å². The Labute approximate surface area is 270 Å². The Bertz CT molecular complexity index is 1470. The highest BCUT2D eigenvalue weighted by atomic mass is 19.4. The molecule has 6 N–H and O–H groups in total. The van der Waals surface area contributed by atoms with Gasteiger partial charge in [-0.05, 0) is 69.0 Å². The highest BCUT2D eigenvalue weighted by Gasteiger charge is 2.39. The third kappa shape index (κ3) is 14.0. The normalized spacial score (nSPS) is 11.2. The van der Waals surface area contributed by atoms with Gasteiger partial charge in [0, 0.05) is 24.1 Å². The van der Waals surface area contributed by atoms with Gasteiger partial charge in [-0.1, -0.05) is 6.92 Å². The quantitative estimate of drug-likeness (QED) is 0.122. The van der Waals surface area contributed by atoms with E-state index in [2.05, 4.69) is 25.8 Å². The van der Waals surface area contributed by atoms with Crippen LogP contribution in [0.1, 0.15) is 65.4 Å². The lowest BCUT2D eigenvalue weighted by molar-refractivity contribution is -0.193. The molecule has 2 heterocycles. The Hall–Kier alpha value is -5.23. The number of nitrogens with zero attached hydrogens (tertiary/aromatic N) is 1. The van der Waals surface area contributed by atoms with Gasteiger partial charge in [0.25, 0.3) is 5.91 Å². The van der Waals surface area contributed by atoms with E-state index in [0.717, 1.165) is 17.0 Å². The molecule has 0 radical (unpaired) electrons. The zero-order valence-corrected chi connectivity index (χ0v) is 26.4. The number of carbonyl (C=O) groups is 4. The largest absolute Gasteiger partial charge is 0.497 e. The van der Waals surface area contributed by atoms with Gasteiger partial charge in [-0.3, -0.25) is 9.89 Å². The molecule has 0 aliphatic heterocycles. The SMILES string of the molecule is CCc1c(C(=O)OC(C)(C)C)[nH]c(CNc2ccc(OC)cc2)c1C(=O)NCCc1cn[nH]c1.O=C(O)C(F)(F)F.O=C(O)C(F)(F)F. The summed E-state index contributed by atoms with van der Waals surface area (Å²) in [6, 6.07) is 7.48. The summed E-state index contributed by atoms with van der Waals surface area (Å²) in [6.07, 6.45) is -5.50. The van der Waals surface area contributed by atoms with Gasteiger partial charge in [0.05, 0.1) is 25.4 Å². The number of nitrogens with one attached hydrogen (secondary N) is 4. The van der Waals surface area contributed by atoms with Gasteiger partial charge in [-0.25, -0.2) is 14.4 Å². The summed E-state index contributed by atoms with van der Waals surface area (Å²) in [5.74, 6) is -5.48. The number of anilines is 1. The van der Waals surface area contributed by atoms with Crippen LogP contribution in [0, 0.1) is 0 Å². The lowest BCUT2D eigenvalue weighted by atomic mass is 10.0. The molecule has 19 heteroatoms. The summed E-state index contributed by atoms with van der Waals surface area (Å²) in [7, 11) is 1.61. The number of halogens is 6. The van der Waals surface area contributed by atoms with Crippen molar-refractivity contribution < 1.29 is 65.2 Å². The average molecular weight is 696 g/mol. The van der Waals surface area contributed by atoms with Crippen LogP contribution in [0.25, 0.3) is 0 Å². The van der Waals surface area contributed by atoms with Crippen molar-refractivity contribution in [3.05, 3.63) is 64.7 Å². The lowest BCUT2D eigenvalue weighted by Gasteiger charge is -2.19. The van der Waals surface area contributed by atoms with Gasteiger partial charge in [-0.2, -0.15) is 31.4 Å². The van der Waals surface area contributed by atoms with Crippen molar-refractivity contribution in [1.29, 1.82) is 0 Å². The molecule has 0 spiro atoms. The Morgan fingerprint density at radius 1 is 0.938 bits per heavy atom. The number of benzene rings is 1. The van der Waals surface area contributed by atoms with Crippen molar-refractivity contribution in [1.82, 2.24) is 20.5 Å². The Morgan fingerprint density at radius 2 is 1.48 bits per heavy atom. The van der Waals surface area contributed by atoms with Gasteiger partial charge >= 0.3 is 30.3 Å². The van der Waals surface area contributed by atoms with Crippen molar-refractivity contribution in [2.75, 3.05) is 19.0 Å². The lowest BCUT2D eigenvalue weighted by Crippen LogP contribution is -2.28. The predicted octanol–water partition coefficient (Wildman–Crippen LogP) is 5.12. The molecule has 0 fully saturated rings. The highest BCUT2D eigenvalue weighted by molar-refractivity contribution is 6.01. The van der Waals surface area contributed by atoms with E-state index in [1.165, 1.54) is 0 Å². The van der Waals surface area contributed by atoms with Gasteiger partial charge in [0.15, 0.2) is 0 Å². The number of rotatable bonds is 10. The number of alkyl halides is 6. The van der Waals surface area contributed by atoms with Crippen LogP contribution in [0.4, 0.5) is 32.0 Å². The molecule has 3 aromatic rings. The molecule has 1 aromatic carbocycles. The predicted molar refractivity (Wildman–Crippen MR) is 158 cm³/mol. The zero-order chi connectivity index (χ0) is 36.9. The van der Waals surface area contributed by atoms with E-state index in [0.29, 0.717) is 48.4 Å². The van der Waals surface area contributed by atoms with Crippen molar-refractivity contribution in [2.45, 2.75) is 65.0 Å². The molecule has 48 heavy (non-hydrogen) atoms. The van der Waals surface area contributed by atoms with Crippen LogP contribution in [-0.4, -0.2) is 80.8 Å². The number of carbonyl (C=O) groups excluding carboxylic acids is 2. The van der Waals surface area contributed by atoms with Crippen LogP contribution >= 0.6 is 0 Å². The number of aromatic amines is 2. The van der Waals surface area contributed by atoms with Crippen molar-refractivity contribution >= 4 is 29.5 Å². The molecular formula is C29H35F6N5O8. The van der Waals surface area contributed by atoms with E-state index in [-0.39, 0.29) is 5.91 Å². The van der Waals surface area contributed by atoms with Crippen LogP contribution in [0.3, 0.4) is 0 Å². The minimum absolute atomic E-state index is 0.238. The second-order valence-corrected chi connectivity index (χ2v) is 10.5. The fourth-order valence-corrected chi connectivity index (χ4v) is 3.58. The molecule has 0 aliphatic carbocycles. The van der Waals surface area contributed by atoms with Crippen molar-refractivity contribution in [3.8, 4) is 5.75 Å². The van der Waals surface area contributed by atoms with Crippen LogP contribution < -0.4 is 15.4 Å². The van der Waals surface area contributed by atoms with Crippen molar-refractivity contribution in [3.63, 3.8) is 0 Å². The fourth-order valence-electron chi connectivity index (χ4n) is 3.58. The number of esters is 1. The molecule has 1 amide bonds. The summed E-state index contributed by atoms with van der Waals surface area (Å²) in [5, 5.41) is 27.2. The van der Waals surface area contributed by atoms with Gasteiger partial charge in [0.1, 0.15) is 17.0 Å². The van der Waals surface area contributed by atoms with Crippen LogP contribution in [-0.2, 0) is 33.7 Å². The molecule has 0 aliphatic rings. The molecule has 13 nitrogen and oxygen atoms in total. The van der Waals surface area contributed by atoms with E-state index in [1.807, 2.05) is 52.0 Å². The first kappa shape index (κ1) is 40.8. The topological polar surface area (TPSA) is 196 Å². The minimum atomic E-state index is -5.08. The maximum atomic E-state index is 13.2. The number of aliphatic carboxylic acids is 2. The summed E-state index contributed by atoms with van der Waals surface area (Å²) in [5.41, 5.74) is 3.25. The summed E-state index contributed by atoms with van der Waals surface area (Å²) in [6.45, 7) is 8.13. The fraction of sp³-hybridized carbons (Fsp3) is 0.414. The van der Waals surface area contributed by atoms with Crippen molar-refractivity contribution in [2.24, 2.45) is 0 Å².